The second-order valence-corrected chi connectivity index (χ2v) is 4.93. The Morgan fingerprint density at radius 1 is 1.27 bits per heavy atom. The first-order valence-corrected chi connectivity index (χ1v) is 6.50. The summed E-state index contributed by atoms with van der Waals surface area (Å²) in [5.74, 6) is 0. The second kappa shape index (κ2) is 5.10. The molecule has 0 aliphatic carbocycles. The van der Waals surface area contributed by atoms with E-state index >= 15 is 0 Å². The highest BCUT2D eigenvalue weighted by atomic mass is 127. The Kier molecular flexibility index (Phi) is 4.39. The van der Waals surface area contributed by atoms with Gasteiger partial charge in [-0.05, 0) is 59.5 Å². The van der Waals surface area contributed by atoms with Crippen molar-refractivity contribution in [1.82, 2.24) is 0 Å². The fourth-order valence-electron chi connectivity index (χ4n) is 0.920. The molecule has 0 aromatic heterocycles. The van der Waals surface area contributed by atoms with Gasteiger partial charge in [0.25, 0.3) is 0 Å². The van der Waals surface area contributed by atoms with Gasteiger partial charge in [-0.15, -0.1) is 8.58 Å². The normalized spacial score (nSPS) is 11.1. The molecule has 0 radical (unpaired) electrons. The molecule has 2 heteroatoms. The number of hydrogen-bond acceptors (Lipinski definition) is 0. The van der Waals surface area contributed by atoms with Crippen LogP contribution in [0.4, 0.5) is 0 Å². The molecule has 1 aromatic rings. The van der Waals surface area contributed by atoms with Crippen LogP contribution in [0.2, 0.25) is 0 Å². The Balaban J connectivity index is 2.52. The third kappa shape index (κ3) is 3.53. The fraction of sp³-hybridized carbons (Fsp3) is 0.333. The standard InChI is InChI=1S/C9H12IP/c1-11-7-6-8-2-4-9(10)5-3-8/h2-5,11H,6-7H2,1H3. The van der Waals surface area contributed by atoms with E-state index in [2.05, 4.69) is 53.5 Å². The van der Waals surface area contributed by atoms with Gasteiger partial charge in [-0.3, -0.25) is 0 Å². The van der Waals surface area contributed by atoms with Crippen LogP contribution in [0, 0.1) is 3.57 Å². The summed E-state index contributed by atoms with van der Waals surface area (Å²) in [5, 5.41) is 0. The average molecular weight is 278 g/mol. The van der Waals surface area contributed by atoms with Gasteiger partial charge in [-0.25, -0.2) is 0 Å². The lowest BCUT2D eigenvalue weighted by Crippen LogP contribution is -1.85. The van der Waals surface area contributed by atoms with E-state index < -0.39 is 0 Å². The molecule has 0 spiro atoms. The number of benzene rings is 1. The minimum atomic E-state index is 1.08. The monoisotopic (exact) mass is 278 g/mol. The molecule has 0 N–H and O–H groups in total. The quantitative estimate of drug-likeness (QED) is 0.588. The van der Waals surface area contributed by atoms with Gasteiger partial charge < -0.3 is 0 Å². The first-order chi connectivity index (χ1) is 5.33. The van der Waals surface area contributed by atoms with Crippen LogP contribution in [-0.4, -0.2) is 12.8 Å². The van der Waals surface area contributed by atoms with Crippen molar-refractivity contribution in [2.24, 2.45) is 0 Å². The van der Waals surface area contributed by atoms with Gasteiger partial charge in [0.2, 0.25) is 0 Å². The Hall–Kier alpha value is 0.380. The van der Waals surface area contributed by atoms with E-state index in [0.717, 1.165) is 8.58 Å². The number of rotatable bonds is 3. The summed E-state index contributed by atoms with van der Waals surface area (Å²) in [6.45, 7) is 2.26. The lowest BCUT2D eigenvalue weighted by atomic mass is 10.2. The van der Waals surface area contributed by atoms with Gasteiger partial charge in [-0.1, -0.05) is 12.1 Å². The summed E-state index contributed by atoms with van der Waals surface area (Å²) in [5.41, 5.74) is 1.47. The molecule has 0 bridgehead atoms. The Morgan fingerprint density at radius 2 is 1.91 bits per heavy atom. The van der Waals surface area contributed by atoms with Gasteiger partial charge in [-0.2, -0.15) is 0 Å². The molecule has 0 saturated heterocycles. The van der Waals surface area contributed by atoms with Gasteiger partial charge >= 0.3 is 0 Å². The molecule has 1 rings (SSSR count). The van der Waals surface area contributed by atoms with Crippen molar-refractivity contribution in [3.05, 3.63) is 33.4 Å². The molecule has 0 amide bonds. The summed E-state index contributed by atoms with van der Waals surface area (Å²) in [7, 11) is 1.08. The topological polar surface area (TPSA) is 0 Å². The minimum Gasteiger partial charge on any atom is -0.125 e. The first kappa shape index (κ1) is 9.47. The van der Waals surface area contributed by atoms with Crippen LogP contribution in [-0.2, 0) is 6.42 Å². The van der Waals surface area contributed by atoms with Crippen molar-refractivity contribution in [3.8, 4) is 0 Å². The summed E-state index contributed by atoms with van der Waals surface area (Å²) in [4.78, 5) is 0. The lowest BCUT2D eigenvalue weighted by Gasteiger charge is -1.98. The third-order valence-electron chi connectivity index (χ3n) is 1.58. The number of hydrogen-bond donors (Lipinski definition) is 0. The van der Waals surface area contributed by atoms with E-state index in [-0.39, 0.29) is 0 Å². The number of halogens is 1. The molecule has 1 unspecified atom stereocenters. The molecular weight excluding hydrogens is 266 g/mol. The third-order valence-corrected chi connectivity index (χ3v) is 3.05. The van der Waals surface area contributed by atoms with Crippen LogP contribution < -0.4 is 0 Å². The van der Waals surface area contributed by atoms with Gasteiger partial charge in [0.05, 0.1) is 0 Å². The lowest BCUT2D eigenvalue weighted by molar-refractivity contribution is 1.15. The van der Waals surface area contributed by atoms with Crippen LogP contribution in [0.5, 0.6) is 0 Å². The van der Waals surface area contributed by atoms with Gasteiger partial charge in [0.15, 0.2) is 0 Å². The molecule has 0 nitrogen and oxygen atoms in total. The molecule has 1 aromatic carbocycles. The van der Waals surface area contributed by atoms with Crippen LogP contribution in [0.1, 0.15) is 5.56 Å². The zero-order valence-corrected chi connectivity index (χ0v) is 9.76. The zero-order chi connectivity index (χ0) is 8.10. The molecule has 0 fully saturated rings. The minimum absolute atomic E-state index is 1.08. The van der Waals surface area contributed by atoms with E-state index in [9.17, 15) is 0 Å². The van der Waals surface area contributed by atoms with Crippen LogP contribution in [0.15, 0.2) is 24.3 Å². The highest BCUT2D eigenvalue weighted by molar-refractivity contribution is 14.1. The van der Waals surface area contributed by atoms with Crippen molar-refractivity contribution in [1.29, 1.82) is 0 Å². The molecule has 60 valence electrons. The highest BCUT2D eigenvalue weighted by Crippen LogP contribution is 2.10. The van der Waals surface area contributed by atoms with E-state index in [0.29, 0.717) is 0 Å². The van der Waals surface area contributed by atoms with Crippen molar-refractivity contribution in [2.45, 2.75) is 6.42 Å². The fourth-order valence-corrected chi connectivity index (χ4v) is 1.82. The van der Waals surface area contributed by atoms with Gasteiger partial charge in [0.1, 0.15) is 0 Å². The van der Waals surface area contributed by atoms with E-state index in [1.54, 1.807) is 0 Å². The maximum absolute atomic E-state index is 2.34. The van der Waals surface area contributed by atoms with Gasteiger partial charge in [0, 0.05) is 3.57 Å². The first-order valence-electron chi connectivity index (χ1n) is 3.72. The summed E-state index contributed by atoms with van der Waals surface area (Å²) >= 11 is 2.34. The Labute approximate surface area is 83.7 Å². The summed E-state index contributed by atoms with van der Waals surface area (Å²) < 4.78 is 1.32. The molecule has 0 aliphatic heterocycles. The second-order valence-electron chi connectivity index (χ2n) is 2.48. The molecule has 1 atom stereocenters. The van der Waals surface area contributed by atoms with E-state index in [4.69, 9.17) is 0 Å². The van der Waals surface area contributed by atoms with Crippen molar-refractivity contribution in [2.75, 3.05) is 12.8 Å². The van der Waals surface area contributed by atoms with Crippen molar-refractivity contribution >= 4 is 31.2 Å². The van der Waals surface area contributed by atoms with Crippen LogP contribution >= 0.6 is 31.2 Å². The Bertz CT molecular complexity index is 205. The number of aryl methyl sites for hydroxylation is 1. The highest BCUT2D eigenvalue weighted by Gasteiger charge is 1.90. The molecule has 0 saturated carbocycles. The zero-order valence-electron chi connectivity index (χ0n) is 6.60. The van der Waals surface area contributed by atoms with Crippen LogP contribution in [0.3, 0.4) is 0 Å². The van der Waals surface area contributed by atoms with Crippen molar-refractivity contribution < 1.29 is 0 Å². The Morgan fingerprint density at radius 3 is 2.45 bits per heavy atom. The van der Waals surface area contributed by atoms with E-state index in [1.807, 2.05) is 0 Å². The maximum atomic E-state index is 2.34. The van der Waals surface area contributed by atoms with Crippen molar-refractivity contribution in [3.63, 3.8) is 0 Å². The molecule has 0 heterocycles. The predicted octanol–water partition coefficient (Wildman–Crippen LogP) is 3.14. The molecule has 11 heavy (non-hydrogen) atoms. The SMILES string of the molecule is CPCCc1ccc(I)cc1. The smallest absolute Gasteiger partial charge is 0.0130 e. The summed E-state index contributed by atoms with van der Waals surface area (Å²) in [6, 6.07) is 8.80. The van der Waals surface area contributed by atoms with Crippen LogP contribution in [0.25, 0.3) is 0 Å². The molecular formula is C9H12IP. The largest absolute Gasteiger partial charge is 0.125 e. The molecule has 0 aliphatic rings. The van der Waals surface area contributed by atoms with E-state index in [1.165, 1.54) is 21.7 Å². The maximum Gasteiger partial charge on any atom is 0.0130 e. The predicted molar refractivity (Wildman–Crippen MR) is 62.0 cm³/mol. The average Bonchev–Trinajstić information content (AvgIpc) is 2.04. The summed E-state index contributed by atoms with van der Waals surface area (Å²) in [6.07, 6.45) is 2.58.